The Hall–Kier alpha value is -6.67. The highest BCUT2D eigenvalue weighted by atomic mass is 35.5. The van der Waals surface area contributed by atoms with Crippen molar-refractivity contribution >= 4 is 57.7 Å². The number of rotatable bonds is 13. The number of ether oxygens (including phenoxy) is 1. The summed E-state index contributed by atoms with van der Waals surface area (Å²) in [6.07, 6.45) is 6.85. The van der Waals surface area contributed by atoms with E-state index in [1.165, 1.54) is 14.5 Å². The molecule has 4 atom stereocenters. The van der Waals surface area contributed by atoms with Gasteiger partial charge in [-0.05, 0) is 63.4 Å². The van der Waals surface area contributed by atoms with Gasteiger partial charge in [-0.15, -0.1) is 32.9 Å². The van der Waals surface area contributed by atoms with Crippen LogP contribution in [0.1, 0.15) is 89.2 Å². The van der Waals surface area contributed by atoms with E-state index >= 15 is 0 Å². The van der Waals surface area contributed by atoms with Gasteiger partial charge >= 0.3 is 0 Å². The molecule has 0 radical (unpaired) electrons. The number of benzene rings is 2. The number of thiazole rings is 1. The van der Waals surface area contributed by atoms with Crippen LogP contribution >= 0.6 is 34.3 Å². The van der Waals surface area contributed by atoms with E-state index in [2.05, 4.69) is 54.7 Å². The van der Waals surface area contributed by atoms with Crippen LogP contribution < -0.4 is 15.4 Å². The molecule has 1 saturated heterocycles. The minimum atomic E-state index is -0.822. The fourth-order valence-electron chi connectivity index (χ4n) is 9.12. The van der Waals surface area contributed by atoms with Gasteiger partial charge in [0, 0.05) is 64.6 Å². The molecule has 1 aliphatic carbocycles. The number of halogens is 1. The Morgan fingerprint density at radius 3 is 2.42 bits per heavy atom. The van der Waals surface area contributed by atoms with Crippen molar-refractivity contribution in [2.75, 3.05) is 6.54 Å². The van der Waals surface area contributed by atoms with Crippen molar-refractivity contribution in [2.45, 2.75) is 103 Å². The van der Waals surface area contributed by atoms with Crippen LogP contribution in [0, 0.1) is 27.7 Å². The average Bonchev–Trinajstić information content (AvgIpc) is 4.17. The fraction of sp³-hybridized carbons (Fsp3) is 0.347. The summed E-state index contributed by atoms with van der Waals surface area (Å²) < 4.78 is 9.62. The molecule has 354 valence electrons. The summed E-state index contributed by atoms with van der Waals surface area (Å²) in [6, 6.07) is 13.8. The van der Waals surface area contributed by atoms with Crippen LogP contribution in [0.15, 0.2) is 83.8 Å². The van der Waals surface area contributed by atoms with Crippen LogP contribution in [0.5, 0.6) is 5.88 Å². The van der Waals surface area contributed by atoms with E-state index < -0.39 is 18.2 Å². The molecule has 2 fully saturated rings. The predicted molar refractivity (Wildman–Crippen MR) is 262 cm³/mol. The maximum absolute atomic E-state index is 13.6. The number of hydrogen-bond acceptors (Lipinski definition) is 14. The summed E-state index contributed by atoms with van der Waals surface area (Å²) in [5, 5.41) is 31.6. The molecule has 69 heavy (non-hydrogen) atoms. The summed E-state index contributed by atoms with van der Waals surface area (Å²) >= 11 is 9.51. The van der Waals surface area contributed by atoms with Gasteiger partial charge in [-0.1, -0.05) is 48.0 Å². The number of fused-ring (bicyclic) bond motifs is 3. The number of aryl methyl sites for hydroxylation is 3. The Morgan fingerprint density at radius 1 is 0.928 bits per heavy atom. The number of aliphatic hydroxyl groups is 1. The first-order chi connectivity index (χ1) is 33.3. The molecule has 0 bridgehead atoms. The lowest BCUT2D eigenvalue weighted by molar-refractivity contribution is -0.139. The molecule has 1 saturated carbocycles. The predicted octanol–water partition coefficient (Wildman–Crippen LogP) is 6.84. The molecule has 3 aliphatic rings. The summed E-state index contributed by atoms with van der Waals surface area (Å²) in [5.41, 5.74) is 9.78. The molecule has 3 N–H and O–H groups in total. The van der Waals surface area contributed by atoms with Crippen LogP contribution in [-0.4, -0.2) is 104 Å². The van der Waals surface area contributed by atoms with Gasteiger partial charge in [-0.25, -0.2) is 15.0 Å². The number of likely N-dealkylation sites (tertiary alicyclic amines) is 1. The molecule has 5 aromatic heterocycles. The Labute approximate surface area is 410 Å². The van der Waals surface area contributed by atoms with Gasteiger partial charge in [0.2, 0.25) is 23.6 Å². The Morgan fingerprint density at radius 2 is 1.70 bits per heavy atom. The van der Waals surface area contributed by atoms with E-state index in [1.54, 1.807) is 47.5 Å². The smallest absolute Gasteiger partial charge is 0.245 e. The van der Waals surface area contributed by atoms with Crippen LogP contribution in [0.3, 0.4) is 0 Å². The maximum atomic E-state index is 13.6. The SMILES string of the molecule is Cc1ncsc1-c1ccc([C@H](C)NC(=O)[C@@H]2C[C@@H](O)CN2C(=O)Cn2cc(-c3cnc(OC4CC(NC(=O)C[C@@H]5N=C(c6ccc(Cl)cc6)c6c(sc(C)c6C)-n6c(C)nnc65)C4)cn3)cn2)cc1. The van der Waals surface area contributed by atoms with E-state index in [4.69, 9.17) is 21.3 Å². The first-order valence-corrected chi connectivity index (χ1v) is 24.8. The second-order valence-electron chi connectivity index (χ2n) is 17.8. The molecule has 7 heterocycles. The van der Waals surface area contributed by atoms with Gasteiger partial charge in [0.05, 0.1) is 64.6 Å². The summed E-state index contributed by atoms with van der Waals surface area (Å²) in [6.45, 7) is 9.89. The van der Waals surface area contributed by atoms with Crippen LogP contribution in [-0.2, 0) is 20.9 Å². The van der Waals surface area contributed by atoms with Crippen molar-refractivity contribution in [3.8, 4) is 32.6 Å². The van der Waals surface area contributed by atoms with Crippen molar-refractivity contribution in [1.29, 1.82) is 0 Å². The molecule has 20 heteroatoms. The number of amides is 3. The number of thiophene rings is 1. The van der Waals surface area contributed by atoms with Gasteiger partial charge < -0.3 is 25.4 Å². The molecule has 3 amide bonds. The highest BCUT2D eigenvalue weighted by molar-refractivity contribution is 7.15. The Balaban J connectivity index is 0.714. The third kappa shape index (κ3) is 9.43. The molecule has 17 nitrogen and oxygen atoms in total. The number of nitrogens with one attached hydrogen (secondary N) is 2. The topological polar surface area (TPSA) is 208 Å². The van der Waals surface area contributed by atoms with E-state index in [0.29, 0.717) is 40.8 Å². The number of carbonyl (C=O) groups is 3. The van der Waals surface area contributed by atoms with Crippen molar-refractivity contribution < 1.29 is 24.2 Å². The number of aromatic nitrogens is 8. The quantitative estimate of drug-likeness (QED) is 0.109. The molecule has 10 rings (SSSR count). The van der Waals surface area contributed by atoms with Crippen LogP contribution in [0.2, 0.25) is 5.02 Å². The second-order valence-corrected chi connectivity index (χ2v) is 20.3. The highest BCUT2D eigenvalue weighted by Crippen LogP contribution is 2.40. The molecular formula is C49H49ClN12O5S2. The van der Waals surface area contributed by atoms with E-state index in [9.17, 15) is 19.5 Å². The molecule has 7 aromatic rings. The van der Waals surface area contributed by atoms with Gasteiger partial charge in [0.25, 0.3) is 0 Å². The third-order valence-corrected chi connectivity index (χ3v) is 15.4. The zero-order valence-corrected chi connectivity index (χ0v) is 40.8. The molecule has 0 unspecified atom stereocenters. The highest BCUT2D eigenvalue weighted by Gasteiger charge is 2.40. The number of carbonyl (C=O) groups excluding carboxylic acids is 3. The lowest BCUT2D eigenvalue weighted by atomic mass is 9.89. The third-order valence-electron chi connectivity index (χ3n) is 13.0. The van der Waals surface area contributed by atoms with Gasteiger partial charge in [0.1, 0.15) is 35.6 Å². The van der Waals surface area contributed by atoms with E-state index in [1.807, 2.05) is 79.4 Å². The van der Waals surface area contributed by atoms with Crippen molar-refractivity contribution in [3.63, 3.8) is 0 Å². The average molecular weight is 986 g/mol. The summed E-state index contributed by atoms with van der Waals surface area (Å²) in [4.78, 5) is 63.0. The van der Waals surface area contributed by atoms with Gasteiger partial charge in [0.15, 0.2) is 5.82 Å². The standard InChI is InChI=1S/C49H49ClN12O5S2/c1-25-28(4)69-49-44(25)45(31-10-12-34(50)13-11-31)57-38(47-59-58-29(5)62(47)49)17-41(64)56-35-14-37(15-35)67-42-20-51-39(19-52-42)33-18-54-60(21-33)23-43(65)61-22-36(63)16-40(61)48(66)55-26(2)30-6-8-32(9-7-30)46-27(3)53-24-68-46/h6-13,18-21,24,26,35-38,40,63H,14-17,22-23H2,1-5H3,(H,55,66)(H,56,64)/t26-,35?,36+,37?,38-,40-/m0/s1. The van der Waals surface area contributed by atoms with Gasteiger partial charge in [-0.3, -0.25) is 28.6 Å². The van der Waals surface area contributed by atoms with Gasteiger partial charge in [-0.2, -0.15) is 5.10 Å². The first-order valence-electron chi connectivity index (χ1n) is 22.7. The normalized spacial score (nSPS) is 20.0. The largest absolute Gasteiger partial charge is 0.473 e. The fourth-order valence-corrected chi connectivity index (χ4v) is 11.3. The molecule has 2 aliphatic heterocycles. The van der Waals surface area contributed by atoms with Crippen molar-refractivity contribution in [2.24, 2.45) is 4.99 Å². The lowest BCUT2D eigenvalue weighted by Crippen LogP contribution is -2.49. The number of hydrogen-bond donors (Lipinski definition) is 3. The van der Waals surface area contributed by atoms with Crippen LogP contribution in [0.4, 0.5) is 0 Å². The minimum absolute atomic E-state index is 0.0481. The van der Waals surface area contributed by atoms with Crippen LogP contribution in [0.25, 0.3) is 26.7 Å². The van der Waals surface area contributed by atoms with E-state index in [-0.39, 0.29) is 61.8 Å². The number of aliphatic imine (C=N–C) groups is 1. The maximum Gasteiger partial charge on any atom is 0.245 e. The second kappa shape index (κ2) is 19.0. The zero-order valence-electron chi connectivity index (χ0n) is 38.5. The molecule has 2 aromatic carbocycles. The number of β-amino-alcohol motifs (C(OH)–C–C–N with tert-alkyl or cyclic N) is 1. The Kier molecular flexibility index (Phi) is 12.7. The zero-order chi connectivity index (χ0) is 48.1. The minimum Gasteiger partial charge on any atom is -0.473 e. The van der Waals surface area contributed by atoms with Crippen molar-refractivity contribution in [1.82, 2.24) is 55.0 Å². The number of nitrogens with zero attached hydrogens (tertiary/aromatic N) is 10. The summed E-state index contributed by atoms with van der Waals surface area (Å²) in [7, 11) is 0. The monoisotopic (exact) mass is 984 g/mol. The first kappa shape index (κ1) is 46.1. The van der Waals surface area contributed by atoms with E-state index in [0.717, 1.165) is 54.9 Å². The number of aliphatic hydroxyl groups excluding tert-OH is 1. The molecule has 0 spiro atoms. The lowest BCUT2D eigenvalue weighted by Gasteiger charge is -2.35. The molecular weight excluding hydrogens is 936 g/mol. The van der Waals surface area contributed by atoms with Crippen molar-refractivity contribution in [3.05, 3.63) is 128 Å². The Bertz CT molecular complexity index is 3080. The summed E-state index contributed by atoms with van der Waals surface area (Å²) in [5.74, 6) is 0.884.